The van der Waals surface area contributed by atoms with Crippen LogP contribution in [-0.2, 0) is 11.3 Å². The summed E-state index contributed by atoms with van der Waals surface area (Å²) < 4.78 is 5.44. The third-order valence-corrected chi connectivity index (χ3v) is 4.71. The van der Waals surface area contributed by atoms with Gasteiger partial charge in [-0.1, -0.05) is 13.8 Å². The van der Waals surface area contributed by atoms with Crippen LogP contribution in [0.15, 0.2) is 6.07 Å². The topological polar surface area (TPSA) is 76.3 Å². The molecular formula is C13H23N5OS. The number of nitrogens with zero attached hydrogens (tertiary/aromatic N) is 3. The molecule has 7 heteroatoms. The Kier molecular flexibility index (Phi) is 5.06. The van der Waals surface area contributed by atoms with Crippen molar-refractivity contribution in [1.82, 2.24) is 9.97 Å². The number of anilines is 2. The molecule has 0 saturated carbocycles. The number of nitrogens with one attached hydrogen (secondary N) is 1. The molecule has 0 aliphatic carbocycles. The summed E-state index contributed by atoms with van der Waals surface area (Å²) in [6.07, 6.45) is 1.13. The highest BCUT2D eigenvalue weighted by Gasteiger charge is 2.24. The quantitative estimate of drug-likeness (QED) is 0.646. The summed E-state index contributed by atoms with van der Waals surface area (Å²) in [4.78, 5) is 11.1. The van der Waals surface area contributed by atoms with Crippen molar-refractivity contribution >= 4 is 23.4 Å². The van der Waals surface area contributed by atoms with Crippen LogP contribution in [0.25, 0.3) is 0 Å². The van der Waals surface area contributed by atoms with Gasteiger partial charge in [-0.25, -0.2) is 15.8 Å². The van der Waals surface area contributed by atoms with E-state index in [2.05, 4.69) is 34.1 Å². The lowest BCUT2D eigenvalue weighted by atomic mass is 10.1. The second-order valence-electron chi connectivity index (χ2n) is 5.45. The predicted octanol–water partition coefficient (Wildman–Crippen LogP) is 1.63. The van der Waals surface area contributed by atoms with Gasteiger partial charge in [-0.15, -0.1) is 0 Å². The van der Waals surface area contributed by atoms with E-state index in [0.29, 0.717) is 23.0 Å². The fraction of sp³-hybridized carbons (Fsp3) is 0.692. The first kappa shape index (κ1) is 15.3. The summed E-state index contributed by atoms with van der Waals surface area (Å²) in [6, 6.07) is 1.89. The van der Waals surface area contributed by atoms with Gasteiger partial charge >= 0.3 is 0 Å². The Morgan fingerprint density at radius 2 is 2.25 bits per heavy atom. The lowest BCUT2D eigenvalue weighted by molar-refractivity contribution is 0.178. The Hall–Kier alpha value is -1.05. The van der Waals surface area contributed by atoms with Crippen LogP contribution in [0.5, 0.6) is 0 Å². The number of rotatable bonds is 4. The average molecular weight is 297 g/mol. The zero-order chi connectivity index (χ0) is 14.6. The maximum Gasteiger partial charge on any atom is 0.158 e. The van der Waals surface area contributed by atoms with Gasteiger partial charge in [0.05, 0.1) is 0 Å². The van der Waals surface area contributed by atoms with Crippen LogP contribution >= 0.6 is 11.8 Å². The van der Waals surface area contributed by atoms with Crippen LogP contribution in [-0.4, -0.2) is 40.7 Å². The summed E-state index contributed by atoms with van der Waals surface area (Å²) in [6.45, 7) is 6.96. The fourth-order valence-corrected chi connectivity index (χ4v) is 3.26. The Morgan fingerprint density at radius 3 is 2.95 bits per heavy atom. The highest BCUT2D eigenvalue weighted by Crippen LogP contribution is 2.32. The molecule has 112 valence electrons. The normalized spacial score (nSPS) is 18.7. The van der Waals surface area contributed by atoms with Gasteiger partial charge in [0.1, 0.15) is 18.2 Å². The van der Waals surface area contributed by atoms with Crippen molar-refractivity contribution in [3.63, 3.8) is 0 Å². The van der Waals surface area contributed by atoms with Gasteiger partial charge in [0.2, 0.25) is 0 Å². The van der Waals surface area contributed by atoms with E-state index < -0.39 is 0 Å². The minimum atomic E-state index is 0.325. The molecule has 0 bridgehead atoms. The SMILES string of the molecule is COCc1nc(NN)cc(N2CCSC(C)(C)CC2)n1. The van der Waals surface area contributed by atoms with Gasteiger partial charge in [0.15, 0.2) is 5.82 Å². The molecule has 0 unspecified atom stereocenters. The third kappa shape index (κ3) is 3.97. The minimum Gasteiger partial charge on any atom is -0.377 e. The molecule has 0 aromatic carbocycles. The first-order chi connectivity index (χ1) is 9.54. The Balaban J connectivity index is 2.20. The van der Waals surface area contributed by atoms with Crippen LogP contribution in [0.2, 0.25) is 0 Å². The lowest BCUT2D eigenvalue weighted by Gasteiger charge is -2.24. The van der Waals surface area contributed by atoms with Gasteiger partial charge < -0.3 is 15.1 Å². The van der Waals surface area contributed by atoms with E-state index >= 15 is 0 Å². The highest BCUT2D eigenvalue weighted by molar-refractivity contribution is 8.00. The molecular weight excluding hydrogens is 274 g/mol. The third-order valence-electron chi connectivity index (χ3n) is 3.34. The van der Waals surface area contributed by atoms with E-state index in [0.717, 1.165) is 31.1 Å². The Labute approximate surface area is 124 Å². The molecule has 1 fully saturated rings. The second-order valence-corrected chi connectivity index (χ2v) is 7.25. The van der Waals surface area contributed by atoms with Gasteiger partial charge in [0, 0.05) is 36.8 Å². The lowest BCUT2D eigenvalue weighted by Crippen LogP contribution is -2.28. The maximum atomic E-state index is 5.48. The van der Waals surface area contributed by atoms with E-state index in [1.165, 1.54) is 0 Å². The molecule has 0 spiro atoms. The average Bonchev–Trinajstić information content (AvgIpc) is 2.59. The first-order valence-electron chi connectivity index (χ1n) is 6.76. The number of aromatic nitrogens is 2. The maximum absolute atomic E-state index is 5.48. The van der Waals surface area contributed by atoms with Crippen molar-refractivity contribution in [2.45, 2.75) is 31.6 Å². The number of methoxy groups -OCH3 is 1. The fourth-order valence-electron chi connectivity index (χ4n) is 2.16. The molecule has 2 heterocycles. The summed E-state index contributed by atoms with van der Waals surface area (Å²) in [5, 5.41) is 0. The monoisotopic (exact) mass is 297 g/mol. The van der Waals surface area contributed by atoms with Gasteiger partial charge in [-0.2, -0.15) is 11.8 Å². The molecule has 2 rings (SSSR count). The number of ether oxygens (including phenoxy) is 1. The van der Waals surface area contributed by atoms with Crippen molar-refractivity contribution in [1.29, 1.82) is 0 Å². The van der Waals surface area contributed by atoms with E-state index in [9.17, 15) is 0 Å². The molecule has 6 nitrogen and oxygen atoms in total. The summed E-state index contributed by atoms with van der Waals surface area (Å²) in [5.41, 5.74) is 2.60. The number of hydrogen-bond donors (Lipinski definition) is 2. The van der Waals surface area contributed by atoms with Crippen molar-refractivity contribution in [2.24, 2.45) is 5.84 Å². The number of thioether (sulfide) groups is 1. The van der Waals surface area contributed by atoms with E-state index in [1.807, 2.05) is 17.8 Å². The van der Waals surface area contributed by atoms with E-state index in [4.69, 9.17) is 10.6 Å². The molecule has 1 aromatic rings. The Bertz CT molecular complexity index is 454. The number of nitrogens with two attached hydrogens (primary N) is 1. The molecule has 1 saturated heterocycles. The number of hydrogen-bond acceptors (Lipinski definition) is 7. The van der Waals surface area contributed by atoms with Crippen LogP contribution in [0.4, 0.5) is 11.6 Å². The number of nitrogen functional groups attached to an aromatic ring is 1. The zero-order valence-corrected chi connectivity index (χ0v) is 13.2. The van der Waals surface area contributed by atoms with Crippen LogP contribution in [0.3, 0.4) is 0 Å². The van der Waals surface area contributed by atoms with Crippen LogP contribution < -0.4 is 16.2 Å². The first-order valence-corrected chi connectivity index (χ1v) is 7.75. The molecule has 1 aliphatic rings. The van der Waals surface area contributed by atoms with Crippen molar-refractivity contribution < 1.29 is 4.74 Å². The zero-order valence-electron chi connectivity index (χ0n) is 12.3. The molecule has 3 N–H and O–H groups in total. The predicted molar refractivity (Wildman–Crippen MR) is 83.9 cm³/mol. The van der Waals surface area contributed by atoms with Crippen LogP contribution in [0.1, 0.15) is 26.1 Å². The number of hydrazine groups is 1. The summed E-state index contributed by atoms with van der Waals surface area (Å²) in [7, 11) is 1.64. The summed E-state index contributed by atoms with van der Waals surface area (Å²) >= 11 is 2.01. The molecule has 0 radical (unpaired) electrons. The molecule has 1 aromatic heterocycles. The van der Waals surface area contributed by atoms with E-state index in [1.54, 1.807) is 7.11 Å². The largest absolute Gasteiger partial charge is 0.377 e. The van der Waals surface area contributed by atoms with Crippen molar-refractivity contribution in [3.05, 3.63) is 11.9 Å². The molecule has 0 atom stereocenters. The molecule has 20 heavy (non-hydrogen) atoms. The molecule has 1 aliphatic heterocycles. The van der Waals surface area contributed by atoms with Crippen molar-refractivity contribution in [2.75, 3.05) is 36.3 Å². The Morgan fingerprint density at radius 1 is 1.45 bits per heavy atom. The molecule has 0 amide bonds. The minimum absolute atomic E-state index is 0.325. The second kappa shape index (κ2) is 6.60. The van der Waals surface area contributed by atoms with Crippen LogP contribution in [0, 0.1) is 0 Å². The van der Waals surface area contributed by atoms with E-state index in [-0.39, 0.29) is 0 Å². The summed E-state index contributed by atoms with van der Waals surface area (Å²) in [5.74, 6) is 8.77. The van der Waals surface area contributed by atoms with Crippen molar-refractivity contribution in [3.8, 4) is 0 Å². The van der Waals surface area contributed by atoms with Gasteiger partial charge in [0.25, 0.3) is 0 Å². The van der Waals surface area contributed by atoms with Gasteiger partial charge in [-0.3, -0.25) is 0 Å². The standard InChI is InChI=1S/C13H23N5OS/c1-13(2)4-5-18(6-7-20-13)12-8-10(17-14)15-11(16-12)9-19-3/h8H,4-7,9,14H2,1-3H3,(H,15,16,17). The van der Waals surface area contributed by atoms with Gasteiger partial charge in [-0.05, 0) is 6.42 Å². The smallest absolute Gasteiger partial charge is 0.158 e. The highest BCUT2D eigenvalue weighted by atomic mass is 32.2.